The third-order valence-electron chi connectivity index (χ3n) is 2.57. The minimum absolute atomic E-state index is 0.219. The lowest BCUT2D eigenvalue weighted by Gasteiger charge is -2.16. The lowest BCUT2D eigenvalue weighted by atomic mass is 10.2. The third-order valence-corrected chi connectivity index (χ3v) is 2.76. The van der Waals surface area contributed by atoms with Crippen molar-refractivity contribution in [1.82, 2.24) is 9.97 Å². The van der Waals surface area contributed by atoms with Gasteiger partial charge in [-0.2, -0.15) is 0 Å². The van der Waals surface area contributed by atoms with Gasteiger partial charge in [0.25, 0.3) is 5.91 Å². The van der Waals surface area contributed by atoms with Gasteiger partial charge in [0, 0.05) is 12.7 Å². The first-order valence-electron chi connectivity index (χ1n) is 5.40. The van der Waals surface area contributed by atoms with Crippen LogP contribution in [0.25, 0.3) is 0 Å². The maximum Gasteiger partial charge on any atom is 0.278 e. The van der Waals surface area contributed by atoms with Crippen LogP contribution in [0.15, 0.2) is 36.7 Å². The second kappa shape index (κ2) is 5.14. The number of anilines is 1. The van der Waals surface area contributed by atoms with Crippen molar-refractivity contribution in [2.24, 2.45) is 0 Å². The Morgan fingerprint density at radius 2 is 1.83 bits per heavy atom. The minimum Gasteiger partial charge on any atom is -0.310 e. The highest BCUT2D eigenvalue weighted by molar-refractivity contribution is 6.29. The highest BCUT2D eigenvalue weighted by Gasteiger charge is 2.14. The second-order valence-electron chi connectivity index (χ2n) is 3.92. The minimum atomic E-state index is -0.219. The molecule has 4 nitrogen and oxygen atoms in total. The van der Waals surface area contributed by atoms with Gasteiger partial charge in [0.15, 0.2) is 0 Å². The maximum absolute atomic E-state index is 12.1. The number of hydrogen-bond acceptors (Lipinski definition) is 3. The van der Waals surface area contributed by atoms with E-state index in [-0.39, 0.29) is 16.8 Å². The van der Waals surface area contributed by atoms with E-state index in [1.54, 1.807) is 7.05 Å². The van der Waals surface area contributed by atoms with Crippen molar-refractivity contribution in [2.45, 2.75) is 6.92 Å². The Morgan fingerprint density at radius 1 is 1.17 bits per heavy atom. The molecule has 1 aromatic carbocycles. The first kappa shape index (κ1) is 12.5. The number of benzene rings is 1. The molecule has 0 aliphatic rings. The molecule has 0 fully saturated rings. The number of nitrogens with zero attached hydrogens (tertiary/aromatic N) is 3. The molecule has 18 heavy (non-hydrogen) atoms. The molecular weight excluding hydrogens is 250 g/mol. The van der Waals surface area contributed by atoms with Crippen LogP contribution < -0.4 is 4.90 Å². The lowest BCUT2D eigenvalue weighted by molar-refractivity contribution is 0.0988. The van der Waals surface area contributed by atoms with Gasteiger partial charge in [0.1, 0.15) is 10.8 Å². The molecule has 1 amide bonds. The van der Waals surface area contributed by atoms with Crippen molar-refractivity contribution in [3.63, 3.8) is 0 Å². The summed E-state index contributed by atoms with van der Waals surface area (Å²) in [5.74, 6) is -0.219. The average molecular weight is 262 g/mol. The van der Waals surface area contributed by atoms with Crippen LogP contribution in [0.2, 0.25) is 5.15 Å². The topological polar surface area (TPSA) is 46.1 Å². The Balaban J connectivity index is 2.23. The number of halogens is 1. The summed E-state index contributed by atoms with van der Waals surface area (Å²) < 4.78 is 0. The van der Waals surface area contributed by atoms with Crippen LogP contribution in [-0.4, -0.2) is 22.9 Å². The van der Waals surface area contributed by atoms with Crippen LogP contribution in [0.4, 0.5) is 5.69 Å². The van der Waals surface area contributed by atoms with E-state index in [2.05, 4.69) is 9.97 Å². The fourth-order valence-corrected chi connectivity index (χ4v) is 1.58. The highest BCUT2D eigenvalue weighted by Crippen LogP contribution is 2.15. The van der Waals surface area contributed by atoms with Gasteiger partial charge in [-0.05, 0) is 19.1 Å². The summed E-state index contributed by atoms with van der Waals surface area (Å²) in [7, 11) is 1.70. The van der Waals surface area contributed by atoms with Gasteiger partial charge in [-0.1, -0.05) is 29.3 Å². The predicted molar refractivity (Wildman–Crippen MR) is 71.0 cm³/mol. The number of aromatic nitrogens is 2. The van der Waals surface area contributed by atoms with E-state index in [0.717, 1.165) is 11.3 Å². The van der Waals surface area contributed by atoms with Gasteiger partial charge in [0.2, 0.25) is 0 Å². The van der Waals surface area contributed by atoms with Crippen LogP contribution in [0, 0.1) is 6.92 Å². The molecule has 0 N–H and O–H groups in total. The SMILES string of the molecule is Cc1ccc(N(C)C(=O)c2cnc(Cl)cn2)cc1. The predicted octanol–water partition coefficient (Wildman–Crippen LogP) is 2.72. The molecule has 2 rings (SSSR count). The summed E-state index contributed by atoms with van der Waals surface area (Å²) in [5, 5.41) is 0.268. The third kappa shape index (κ3) is 2.65. The standard InChI is InChI=1S/C13H12ClN3O/c1-9-3-5-10(6-4-9)17(2)13(18)11-7-16-12(14)8-15-11/h3-8H,1-2H3. The Kier molecular flexibility index (Phi) is 3.58. The molecule has 0 radical (unpaired) electrons. The molecular formula is C13H12ClN3O. The monoisotopic (exact) mass is 261 g/mol. The van der Waals surface area contributed by atoms with Crippen molar-refractivity contribution in [3.8, 4) is 0 Å². The number of hydrogen-bond donors (Lipinski definition) is 0. The van der Waals surface area contributed by atoms with Crippen LogP contribution in [0.5, 0.6) is 0 Å². The largest absolute Gasteiger partial charge is 0.310 e. The van der Waals surface area contributed by atoms with Crippen LogP contribution in [0.1, 0.15) is 16.1 Å². The fourth-order valence-electron chi connectivity index (χ4n) is 1.48. The lowest BCUT2D eigenvalue weighted by Crippen LogP contribution is -2.27. The zero-order chi connectivity index (χ0) is 13.1. The molecule has 92 valence electrons. The van der Waals surface area contributed by atoms with E-state index in [9.17, 15) is 4.79 Å². The Bertz CT molecular complexity index is 551. The quantitative estimate of drug-likeness (QED) is 0.835. The molecule has 0 bridgehead atoms. The molecule has 0 aliphatic heterocycles. The van der Waals surface area contributed by atoms with E-state index < -0.39 is 0 Å². The van der Waals surface area contributed by atoms with Gasteiger partial charge in [-0.3, -0.25) is 4.79 Å². The van der Waals surface area contributed by atoms with E-state index in [4.69, 9.17) is 11.6 Å². The summed E-state index contributed by atoms with van der Waals surface area (Å²) in [6.07, 6.45) is 2.73. The molecule has 1 heterocycles. The second-order valence-corrected chi connectivity index (χ2v) is 4.31. The molecule has 0 saturated carbocycles. The summed E-state index contributed by atoms with van der Waals surface area (Å²) >= 11 is 5.63. The van der Waals surface area contributed by atoms with Gasteiger partial charge < -0.3 is 4.90 Å². The van der Waals surface area contributed by atoms with Gasteiger partial charge in [-0.25, -0.2) is 9.97 Å². The van der Waals surface area contributed by atoms with Gasteiger partial charge >= 0.3 is 0 Å². The zero-order valence-corrected chi connectivity index (χ0v) is 10.8. The summed E-state index contributed by atoms with van der Waals surface area (Å²) in [4.78, 5) is 21.4. The molecule has 2 aromatic rings. The number of rotatable bonds is 2. The van der Waals surface area contributed by atoms with Crippen LogP contribution >= 0.6 is 11.6 Å². The average Bonchev–Trinajstić information content (AvgIpc) is 2.39. The Hall–Kier alpha value is -1.94. The van der Waals surface area contributed by atoms with E-state index >= 15 is 0 Å². The molecule has 0 atom stereocenters. The number of amides is 1. The van der Waals surface area contributed by atoms with Gasteiger partial charge in [-0.15, -0.1) is 0 Å². The van der Waals surface area contributed by atoms with Crippen LogP contribution in [-0.2, 0) is 0 Å². The summed E-state index contributed by atoms with van der Waals surface area (Å²) in [6.45, 7) is 2.00. The van der Waals surface area contributed by atoms with Crippen molar-refractivity contribution >= 4 is 23.2 Å². The van der Waals surface area contributed by atoms with Crippen molar-refractivity contribution < 1.29 is 4.79 Å². The molecule has 0 aliphatic carbocycles. The first-order chi connectivity index (χ1) is 8.58. The van der Waals surface area contributed by atoms with Gasteiger partial charge in [0.05, 0.1) is 12.4 Å². The van der Waals surface area contributed by atoms with E-state index in [1.807, 2.05) is 31.2 Å². The summed E-state index contributed by atoms with van der Waals surface area (Å²) in [6, 6.07) is 7.67. The van der Waals surface area contributed by atoms with Crippen LogP contribution in [0.3, 0.4) is 0 Å². The Labute approximate surface area is 110 Å². The van der Waals surface area contributed by atoms with E-state index in [1.165, 1.54) is 17.3 Å². The Morgan fingerprint density at radius 3 is 2.39 bits per heavy atom. The molecule has 1 aromatic heterocycles. The number of aryl methyl sites for hydroxylation is 1. The summed E-state index contributed by atoms with van der Waals surface area (Å²) in [5.41, 5.74) is 2.22. The normalized spacial score (nSPS) is 10.2. The fraction of sp³-hybridized carbons (Fsp3) is 0.154. The first-order valence-corrected chi connectivity index (χ1v) is 5.78. The van der Waals surface area contributed by atoms with E-state index in [0.29, 0.717) is 0 Å². The molecule has 5 heteroatoms. The zero-order valence-electron chi connectivity index (χ0n) is 10.1. The highest BCUT2D eigenvalue weighted by atomic mass is 35.5. The smallest absolute Gasteiger partial charge is 0.278 e. The van der Waals surface area contributed by atoms with Crippen molar-refractivity contribution in [2.75, 3.05) is 11.9 Å². The molecule has 0 saturated heterocycles. The maximum atomic E-state index is 12.1. The molecule has 0 unspecified atom stereocenters. The van der Waals surface area contributed by atoms with Crippen molar-refractivity contribution in [3.05, 3.63) is 53.1 Å². The number of carbonyl (C=O) groups excluding carboxylic acids is 1. The number of carbonyl (C=O) groups is 1. The van der Waals surface area contributed by atoms with Crippen molar-refractivity contribution in [1.29, 1.82) is 0 Å². The molecule has 0 spiro atoms.